The second-order valence-electron chi connectivity index (χ2n) is 6.16. The largest absolute Gasteiger partial charge is 0.357 e. The molecule has 0 saturated carbocycles. The van der Waals surface area contributed by atoms with E-state index in [0.717, 1.165) is 18.5 Å². The van der Waals surface area contributed by atoms with E-state index in [-0.39, 0.29) is 41.7 Å². The normalized spacial score (nSPS) is 10.8. The van der Waals surface area contributed by atoms with Crippen molar-refractivity contribution in [3.63, 3.8) is 0 Å². The number of aliphatic imine (C=N–C) groups is 1. The molecule has 1 aromatic carbocycles. The lowest BCUT2D eigenvalue weighted by Gasteiger charge is -2.12. The van der Waals surface area contributed by atoms with Crippen LogP contribution in [0.15, 0.2) is 29.3 Å². The molecular formula is C19H32IN5O2. The Morgan fingerprint density at radius 3 is 2.44 bits per heavy atom. The van der Waals surface area contributed by atoms with E-state index in [9.17, 15) is 9.59 Å². The molecule has 0 aliphatic heterocycles. The standard InChI is InChI=1S/C19H31N5O2.HI/c1-5-21-19(24-12-11-22-17(25)14(2)3)23-10-9-15-7-6-8-16(13-15)18(26)20-4;/h6-8,13-14H,5,9-12H2,1-4H3,(H,20,26)(H,22,25)(H2,21,23,24);1H. The van der Waals surface area contributed by atoms with Gasteiger partial charge in [0.15, 0.2) is 5.96 Å². The minimum atomic E-state index is -0.0891. The first-order chi connectivity index (χ1) is 12.5. The molecule has 0 saturated heterocycles. The van der Waals surface area contributed by atoms with Gasteiger partial charge in [0, 0.05) is 44.7 Å². The minimum Gasteiger partial charge on any atom is -0.357 e. The second kappa shape index (κ2) is 14.2. The van der Waals surface area contributed by atoms with Gasteiger partial charge in [-0.3, -0.25) is 14.6 Å². The number of hydrogen-bond donors (Lipinski definition) is 4. The summed E-state index contributed by atoms with van der Waals surface area (Å²) < 4.78 is 0. The molecule has 27 heavy (non-hydrogen) atoms. The fourth-order valence-corrected chi connectivity index (χ4v) is 2.22. The van der Waals surface area contributed by atoms with Crippen molar-refractivity contribution in [1.29, 1.82) is 0 Å². The summed E-state index contributed by atoms with van der Waals surface area (Å²) in [7, 11) is 1.62. The van der Waals surface area contributed by atoms with Crippen molar-refractivity contribution in [2.45, 2.75) is 27.2 Å². The Labute approximate surface area is 179 Å². The van der Waals surface area contributed by atoms with Crippen molar-refractivity contribution < 1.29 is 9.59 Å². The van der Waals surface area contributed by atoms with Gasteiger partial charge in [-0.05, 0) is 31.0 Å². The summed E-state index contributed by atoms with van der Waals surface area (Å²) in [6.07, 6.45) is 0.742. The first-order valence-corrected chi connectivity index (χ1v) is 9.08. The van der Waals surface area contributed by atoms with Crippen LogP contribution in [0, 0.1) is 5.92 Å². The lowest BCUT2D eigenvalue weighted by molar-refractivity contribution is -0.123. The SMILES string of the molecule is CCNC(=NCCc1cccc(C(=O)NC)c1)NCCNC(=O)C(C)C.I. The van der Waals surface area contributed by atoms with Crippen LogP contribution < -0.4 is 21.3 Å². The summed E-state index contributed by atoms with van der Waals surface area (Å²) in [6.45, 7) is 8.26. The van der Waals surface area contributed by atoms with E-state index in [4.69, 9.17) is 0 Å². The zero-order valence-electron chi connectivity index (χ0n) is 16.6. The molecule has 0 bridgehead atoms. The third-order valence-electron chi connectivity index (χ3n) is 3.67. The summed E-state index contributed by atoms with van der Waals surface area (Å²) in [5.74, 6) is 0.662. The number of nitrogens with zero attached hydrogens (tertiary/aromatic N) is 1. The van der Waals surface area contributed by atoms with E-state index in [0.29, 0.717) is 31.2 Å². The number of halogens is 1. The second-order valence-corrected chi connectivity index (χ2v) is 6.16. The Kier molecular flexibility index (Phi) is 13.3. The molecule has 0 aliphatic carbocycles. The van der Waals surface area contributed by atoms with Crippen molar-refractivity contribution in [1.82, 2.24) is 21.3 Å². The number of rotatable bonds is 9. The van der Waals surface area contributed by atoms with Crippen LogP contribution in [-0.2, 0) is 11.2 Å². The molecular weight excluding hydrogens is 457 g/mol. The van der Waals surface area contributed by atoms with E-state index in [2.05, 4.69) is 26.3 Å². The zero-order valence-corrected chi connectivity index (χ0v) is 18.9. The topological polar surface area (TPSA) is 94.6 Å². The van der Waals surface area contributed by atoms with Crippen LogP contribution in [0.3, 0.4) is 0 Å². The van der Waals surface area contributed by atoms with Gasteiger partial charge in [0.25, 0.3) is 5.91 Å². The van der Waals surface area contributed by atoms with Gasteiger partial charge in [-0.25, -0.2) is 0 Å². The van der Waals surface area contributed by atoms with E-state index in [1.54, 1.807) is 13.1 Å². The number of guanidine groups is 1. The average Bonchev–Trinajstić information content (AvgIpc) is 2.64. The maximum absolute atomic E-state index is 11.7. The fraction of sp³-hybridized carbons (Fsp3) is 0.526. The molecule has 4 N–H and O–H groups in total. The first kappa shape index (κ1) is 25.2. The quantitative estimate of drug-likeness (QED) is 0.183. The number of amides is 2. The first-order valence-electron chi connectivity index (χ1n) is 9.08. The van der Waals surface area contributed by atoms with Gasteiger partial charge in [0.05, 0.1) is 0 Å². The van der Waals surface area contributed by atoms with Gasteiger partial charge in [-0.1, -0.05) is 26.0 Å². The van der Waals surface area contributed by atoms with Crippen molar-refractivity contribution in [3.05, 3.63) is 35.4 Å². The van der Waals surface area contributed by atoms with Gasteiger partial charge in [-0.2, -0.15) is 0 Å². The van der Waals surface area contributed by atoms with Crippen LogP contribution in [0.1, 0.15) is 36.7 Å². The van der Waals surface area contributed by atoms with Gasteiger partial charge < -0.3 is 21.3 Å². The lowest BCUT2D eigenvalue weighted by Crippen LogP contribution is -2.42. The predicted molar refractivity (Wildman–Crippen MR) is 121 cm³/mol. The summed E-state index contributed by atoms with van der Waals surface area (Å²) in [4.78, 5) is 27.7. The number of nitrogens with one attached hydrogen (secondary N) is 4. The zero-order chi connectivity index (χ0) is 19.4. The highest BCUT2D eigenvalue weighted by Gasteiger charge is 2.06. The summed E-state index contributed by atoms with van der Waals surface area (Å²) >= 11 is 0. The van der Waals surface area contributed by atoms with Crippen LogP contribution in [0.4, 0.5) is 0 Å². The Bertz CT molecular complexity index is 620. The molecule has 2 amide bonds. The molecule has 0 heterocycles. The van der Waals surface area contributed by atoms with Gasteiger partial charge in [0.1, 0.15) is 0 Å². The fourth-order valence-electron chi connectivity index (χ4n) is 2.22. The Morgan fingerprint density at radius 2 is 1.81 bits per heavy atom. The number of carbonyl (C=O) groups is 2. The van der Waals surface area contributed by atoms with E-state index in [1.165, 1.54) is 0 Å². The Morgan fingerprint density at radius 1 is 1.11 bits per heavy atom. The molecule has 0 fully saturated rings. The van der Waals surface area contributed by atoms with E-state index >= 15 is 0 Å². The molecule has 8 heteroatoms. The number of carbonyl (C=O) groups excluding carboxylic acids is 2. The summed E-state index contributed by atoms with van der Waals surface area (Å²) in [5.41, 5.74) is 1.72. The lowest BCUT2D eigenvalue weighted by atomic mass is 10.1. The van der Waals surface area contributed by atoms with Gasteiger partial charge in [0.2, 0.25) is 5.91 Å². The third kappa shape index (κ3) is 10.2. The molecule has 1 aromatic rings. The highest BCUT2D eigenvalue weighted by atomic mass is 127. The number of hydrogen-bond acceptors (Lipinski definition) is 3. The molecule has 152 valence electrons. The van der Waals surface area contributed by atoms with Crippen molar-refractivity contribution >= 4 is 41.8 Å². The van der Waals surface area contributed by atoms with Crippen LogP contribution in [0.5, 0.6) is 0 Å². The summed E-state index contributed by atoms with van der Waals surface area (Å²) in [5, 5.41) is 11.9. The highest BCUT2D eigenvalue weighted by Crippen LogP contribution is 2.06. The van der Waals surface area contributed by atoms with Crippen LogP contribution in [0.2, 0.25) is 0 Å². The number of benzene rings is 1. The molecule has 7 nitrogen and oxygen atoms in total. The molecule has 0 atom stereocenters. The highest BCUT2D eigenvalue weighted by molar-refractivity contribution is 14.0. The predicted octanol–water partition coefficient (Wildman–Crippen LogP) is 1.53. The molecule has 0 radical (unpaired) electrons. The monoisotopic (exact) mass is 489 g/mol. The molecule has 0 spiro atoms. The van der Waals surface area contributed by atoms with E-state index < -0.39 is 0 Å². The van der Waals surface area contributed by atoms with Crippen LogP contribution >= 0.6 is 24.0 Å². The average molecular weight is 489 g/mol. The molecule has 1 rings (SSSR count). The smallest absolute Gasteiger partial charge is 0.251 e. The molecule has 0 unspecified atom stereocenters. The van der Waals surface area contributed by atoms with Gasteiger partial charge >= 0.3 is 0 Å². The van der Waals surface area contributed by atoms with Crippen LogP contribution in [0.25, 0.3) is 0 Å². The van der Waals surface area contributed by atoms with Crippen molar-refractivity contribution in [3.8, 4) is 0 Å². The Hall–Kier alpha value is -1.84. The Balaban J connectivity index is 0.00000676. The van der Waals surface area contributed by atoms with E-state index in [1.807, 2.05) is 39.0 Å². The maximum atomic E-state index is 11.7. The molecule has 0 aromatic heterocycles. The third-order valence-corrected chi connectivity index (χ3v) is 3.67. The molecule has 0 aliphatic rings. The van der Waals surface area contributed by atoms with Crippen molar-refractivity contribution in [2.24, 2.45) is 10.9 Å². The minimum absolute atomic E-state index is 0. The van der Waals surface area contributed by atoms with Crippen LogP contribution in [-0.4, -0.2) is 51.0 Å². The van der Waals surface area contributed by atoms with Crippen molar-refractivity contribution in [2.75, 3.05) is 33.2 Å². The maximum Gasteiger partial charge on any atom is 0.251 e. The van der Waals surface area contributed by atoms with Gasteiger partial charge in [-0.15, -0.1) is 24.0 Å². The summed E-state index contributed by atoms with van der Waals surface area (Å²) in [6, 6.07) is 7.55.